The molecule has 27 heavy (non-hydrogen) atoms. The van der Waals surface area contributed by atoms with Gasteiger partial charge >= 0.3 is 11.9 Å². The molecule has 0 saturated heterocycles. The number of aryl methyl sites for hydroxylation is 3. The zero-order chi connectivity index (χ0) is 20.3. The number of aromatic amines is 1. The van der Waals surface area contributed by atoms with Crippen molar-refractivity contribution in [3.05, 3.63) is 57.4 Å². The number of H-pyrrole nitrogens is 1. The Balaban J connectivity index is 2.20. The van der Waals surface area contributed by atoms with Crippen molar-refractivity contribution in [3.63, 3.8) is 0 Å². The minimum atomic E-state index is -0.995. The fourth-order valence-electron chi connectivity index (χ4n) is 2.86. The molecule has 0 fully saturated rings. The van der Waals surface area contributed by atoms with Crippen molar-refractivity contribution in [1.82, 2.24) is 4.98 Å². The fraction of sp³-hybridized carbons (Fsp3) is 0.381. The minimum Gasteiger partial charge on any atom is -0.462 e. The third-order valence-corrected chi connectivity index (χ3v) is 4.56. The molecule has 1 heterocycles. The Morgan fingerprint density at radius 1 is 1.04 bits per heavy atom. The van der Waals surface area contributed by atoms with E-state index in [1.54, 1.807) is 32.9 Å². The van der Waals surface area contributed by atoms with Gasteiger partial charge in [-0.3, -0.25) is 4.79 Å². The van der Waals surface area contributed by atoms with Crippen molar-refractivity contribution in [2.24, 2.45) is 0 Å². The third-order valence-electron chi connectivity index (χ3n) is 4.56. The second kappa shape index (κ2) is 8.20. The van der Waals surface area contributed by atoms with Crippen molar-refractivity contribution in [1.29, 1.82) is 0 Å². The van der Waals surface area contributed by atoms with Crippen LogP contribution in [-0.4, -0.2) is 35.4 Å². The van der Waals surface area contributed by atoms with E-state index >= 15 is 0 Å². The zero-order valence-electron chi connectivity index (χ0n) is 16.6. The molecule has 0 aliphatic carbocycles. The Kier molecular flexibility index (Phi) is 6.20. The van der Waals surface area contributed by atoms with Gasteiger partial charge in [-0.05, 0) is 70.4 Å². The second-order valence-electron chi connectivity index (χ2n) is 6.56. The number of aromatic nitrogens is 1. The van der Waals surface area contributed by atoms with Gasteiger partial charge in [0, 0.05) is 5.69 Å². The molecule has 144 valence electrons. The summed E-state index contributed by atoms with van der Waals surface area (Å²) < 4.78 is 10.4. The first-order valence-electron chi connectivity index (χ1n) is 8.86. The van der Waals surface area contributed by atoms with E-state index in [9.17, 15) is 14.4 Å². The molecule has 6 nitrogen and oxygen atoms in total. The van der Waals surface area contributed by atoms with Crippen molar-refractivity contribution in [2.45, 2.75) is 47.6 Å². The van der Waals surface area contributed by atoms with Crippen LogP contribution < -0.4 is 0 Å². The highest BCUT2D eigenvalue weighted by molar-refractivity contribution is 6.04. The number of Topliss-reactive ketones (excluding diaryl/α,β-unsaturated/α-hetero) is 1. The molecule has 1 aromatic carbocycles. The lowest BCUT2D eigenvalue weighted by Crippen LogP contribution is -2.25. The molecule has 0 amide bonds. The molecule has 1 aromatic heterocycles. The number of rotatable bonds is 6. The molecule has 6 heteroatoms. The fourth-order valence-corrected chi connectivity index (χ4v) is 2.86. The quantitative estimate of drug-likeness (QED) is 0.616. The Labute approximate surface area is 158 Å². The molecule has 2 aromatic rings. The van der Waals surface area contributed by atoms with Crippen LogP contribution in [0.3, 0.4) is 0 Å². The molecule has 0 aliphatic heterocycles. The molecule has 1 atom stereocenters. The van der Waals surface area contributed by atoms with Crippen LogP contribution in [0.15, 0.2) is 18.2 Å². The number of nitrogens with one attached hydrogen (secondary N) is 1. The van der Waals surface area contributed by atoms with E-state index < -0.39 is 23.8 Å². The van der Waals surface area contributed by atoms with Gasteiger partial charge in [-0.25, -0.2) is 9.59 Å². The van der Waals surface area contributed by atoms with Crippen LogP contribution in [0.1, 0.15) is 67.4 Å². The first-order chi connectivity index (χ1) is 12.7. The highest BCUT2D eigenvalue weighted by Gasteiger charge is 2.27. The minimum absolute atomic E-state index is 0.246. The summed E-state index contributed by atoms with van der Waals surface area (Å²) in [6, 6.07) is 5.24. The Morgan fingerprint density at radius 3 is 2.30 bits per heavy atom. The van der Waals surface area contributed by atoms with Crippen molar-refractivity contribution in [2.75, 3.05) is 6.61 Å². The summed E-state index contributed by atoms with van der Waals surface area (Å²) in [5.41, 5.74) is 4.05. The van der Waals surface area contributed by atoms with Gasteiger partial charge in [0.25, 0.3) is 0 Å². The number of carbonyl (C=O) groups is 3. The molecule has 0 saturated carbocycles. The summed E-state index contributed by atoms with van der Waals surface area (Å²) >= 11 is 0. The van der Waals surface area contributed by atoms with Crippen LogP contribution in [0.5, 0.6) is 0 Å². The summed E-state index contributed by atoms with van der Waals surface area (Å²) in [5.74, 6) is -1.45. The molecule has 0 radical (unpaired) electrons. The number of carbonyl (C=O) groups excluding carboxylic acids is 3. The predicted octanol–water partition coefficient (Wildman–Crippen LogP) is 3.85. The number of hydrogen-bond donors (Lipinski definition) is 1. The van der Waals surface area contributed by atoms with Gasteiger partial charge in [0.15, 0.2) is 6.10 Å². The monoisotopic (exact) mass is 371 g/mol. The molecule has 1 N–H and O–H groups in total. The van der Waals surface area contributed by atoms with Gasteiger partial charge in [0.2, 0.25) is 5.78 Å². The lowest BCUT2D eigenvalue weighted by atomic mass is 10.1. The van der Waals surface area contributed by atoms with Crippen LogP contribution in [-0.2, 0) is 9.47 Å². The lowest BCUT2D eigenvalue weighted by Gasteiger charge is -2.13. The summed E-state index contributed by atoms with van der Waals surface area (Å²) in [7, 11) is 0. The number of esters is 2. The van der Waals surface area contributed by atoms with Crippen molar-refractivity contribution >= 4 is 17.7 Å². The maximum Gasteiger partial charge on any atom is 0.340 e. The standard InChI is InChI=1S/C21H25NO5/c1-7-26-21(25)17-13(4)18(22-14(17)5)19(23)15(6)27-20(24)16-9-8-11(2)12(3)10-16/h8-10,15,22H,7H2,1-6H3/t15-/m1/s1. The van der Waals surface area contributed by atoms with Gasteiger partial charge < -0.3 is 14.5 Å². The maximum atomic E-state index is 12.7. The summed E-state index contributed by atoms with van der Waals surface area (Å²) in [4.78, 5) is 40.1. The Bertz CT molecular complexity index is 894. The maximum absolute atomic E-state index is 12.7. The lowest BCUT2D eigenvalue weighted by molar-refractivity contribution is 0.0316. The number of ketones is 1. The van der Waals surface area contributed by atoms with Gasteiger partial charge in [-0.1, -0.05) is 6.07 Å². The van der Waals surface area contributed by atoms with Gasteiger partial charge in [0.05, 0.1) is 23.4 Å². The van der Waals surface area contributed by atoms with E-state index in [-0.39, 0.29) is 12.3 Å². The highest BCUT2D eigenvalue weighted by Crippen LogP contribution is 2.21. The van der Waals surface area contributed by atoms with E-state index in [0.29, 0.717) is 22.4 Å². The van der Waals surface area contributed by atoms with Crippen LogP contribution in [0.2, 0.25) is 0 Å². The third kappa shape index (κ3) is 4.27. The van der Waals surface area contributed by atoms with Gasteiger partial charge in [-0.15, -0.1) is 0 Å². The van der Waals surface area contributed by atoms with Crippen LogP contribution in [0, 0.1) is 27.7 Å². The smallest absolute Gasteiger partial charge is 0.340 e. The molecule has 0 bridgehead atoms. The second-order valence-corrected chi connectivity index (χ2v) is 6.56. The van der Waals surface area contributed by atoms with Crippen LogP contribution in [0.25, 0.3) is 0 Å². The summed E-state index contributed by atoms with van der Waals surface area (Å²) in [6.07, 6.45) is -0.995. The molecule has 0 aliphatic rings. The van der Waals surface area contributed by atoms with E-state index in [2.05, 4.69) is 4.98 Å². The normalized spacial score (nSPS) is 11.8. The molecule has 0 unspecified atom stereocenters. The number of hydrogen-bond acceptors (Lipinski definition) is 5. The number of benzene rings is 1. The first-order valence-corrected chi connectivity index (χ1v) is 8.86. The summed E-state index contributed by atoms with van der Waals surface area (Å²) in [6.45, 7) is 10.7. The van der Waals surface area contributed by atoms with Crippen molar-refractivity contribution < 1.29 is 23.9 Å². The largest absolute Gasteiger partial charge is 0.462 e. The summed E-state index contributed by atoms with van der Waals surface area (Å²) in [5, 5.41) is 0. The molecule has 0 spiro atoms. The number of ether oxygens (including phenoxy) is 2. The van der Waals surface area contributed by atoms with E-state index in [1.165, 1.54) is 6.92 Å². The average Bonchev–Trinajstić information content (AvgIpc) is 2.91. The van der Waals surface area contributed by atoms with Gasteiger partial charge in [0.1, 0.15) is 0 Å². The first kappa shape index (κ1) is 20.4. The molecular formula is C21H25NO5. The van der Waals surface area contributed by atoms with Gasteiger partial charge in [-0.2, -0.15) is 0 Å². The molecule has 2 rings (SSSR count). The Hall–Kier alpha value is -2.89. The predicted molar refractivity (Wildman–Crippen MR) is 101 cm³/mol. The average molecular weight is 371 g/mol. The van der Waals surface area contributed by atoms with Crippen LogP contribution in [0.4, 0.5) is 0 Å². The zero-order valence-corrected chi connectivity index (χ0v) is 16.6. The highest BCUT2D eigenvalue weighted by atomic mass is 16.5. The van der Waals surface area contributed by atoms with E-state index in [0.717, 1.165) is 11.1 Å². The van der Waals surface area contributed by atoms with E-state index in [1.807, 2.05) is 19.9 Å². The molecular weight excluding hydrogens is 346 g/mol. The topological polar surface area (TPSA) is 85.5 Å². The Morgan fingerprint density at radius 2 is 1.70 bits per heavy atom. The SMILES string of the molecule is CCOC(=O)c1c(C)[nH]c(C(=O)[C@@H](C)OC(=O)c2ccc(C)c(C)c2)c1C. The van der Waals surface area contributed by atoms with Crippen LogP contribution >= 0.6 is 0 Å². The van der Waals surface area contributed by atoms with Crippen molar-refractivity contribution in [3.8, 4) is 0 Å². The van der Waals surface area contributed by atoms with E-state index in [4.69, 9.17) is 9.47 Å².